The molecule has 3 rings (SSSR count). The number of hydrogen-bond donors (Lipinski definition) is 4. The first-order chi connectivity index (χ1) is 11.8. The highest BCUT2D eigenvalue weighted by Crippen LogP contribution is 2.44. The predicted molar refractivity (Wildman–Crippen MR) is 90.4 cm³/mol. The number of rotatable bonds is 3. The van der Waals surface area contributed by atoms with Crippen molar-refractivity contribution in [3.05, 3.63) is 47.0 Å². The number of nitrogens with one attached hydrogen (secondary N) is 2. The minimum atomic E-state index is -4.64. The van der Waals surface area contributed by atoms with E-state index in [9.17, 15) is 13.2 Å². The van der Waals surface area contributed by atoms with E-state index in [0.29, 0.717) is 0 Å². The Labute approximate surface area is 145 Å². The molecule has 2 aromatic carbocycles. The topological polar surface area (TPSA) is 106 Å². The van der Waals surface area contributed by atoms with Gasteiger partial charge in [-0.15, -0.1) is 5.10 Å². The molecule has 0 aliphatic carbocycles. The molecule has 0 saturated carbocycles. The van der Waals surface area contributed by atoms with Gasteiger partial charge in [-0.2, -0.15) is 18.2 Å². The number of nitrogens with zero attached hydrogens (tertiary/aromatic N) is 2. The van der Waals surface area contributed by atoms with Gasteiger partial charge in [0.15, 0.2) is 0 Å². The first-order valence-electron chi connectivity index (χ1n) is 6.96. The largest absolute Gasteiger partial charge is 0.417 e. The zero-order valence-electron chi connectivity index (χ0n) is 12.5. The fourth-order valence-electron chi connectivity index (χ4n) is 2.36. The van der Waals surface area contributed by atoms with Crippen molar-refractivity contribution in [1.82, 2.24) is 15.2 Å². The first-order valence-corrected chi connectivity index (χ1v) is 7.34. The van der Waals surface area contributed by atoms with Gasteiger partial charge in [-0.25, -0.2) is 5.10 Å². The number of H-pyrrole nitrogens is 1. The van der Waals surface area contributed by atoms with Crippen LogP contribution in [0, 0.1) is 0 Å². The number of benzene rings is 2. The van der Waals surface area contributed by atoms with Crippen LogP contribution in [0.4, 0.5) is 36.4 Å². The molecule has 3 aromatic rings. The highest BCUT2D eigenvalue weighted by Gasteiger charge is 2.35. The lowest BCUT2D eigenvalue weighted by molar-refractivity contribution is -0.137. The summed E-state index contributed by atoms with van der Waals surface area (Å²) in [5.74, 6) is 0.0481. The molecule has 0 radical (unpaired) electrons. The summed E-state index contributed by atoms with van der Waals surface area (Å²) in [6, 6.07) is 8.46. The molecule has 130 valence electrons. The van der Waals surface area contributed by atoms with Crippen molar-refractivity contribution in [3.8, 4) is 11.1 Å². The quantitative estimate of drug-likeness (QED) is 0.522. The van der Waals surface area contributed by atoms with E-state index >= 15 is 0 Å². The standard InChI is InChI=1S/C15H12ClF3N6/c16-10-6-7(22-14-23-13(21)24-25-14)5-9(15(17,18)19)12(10)8-3-1-2-4-11(8)20/h1-6H,20H2,(H4,21,22,23,24,25). The Bertz CT molecular complexity index is 922. The second-order valence-corrected chi connectivity index (χ2v) is 5.54. The van der Waals surface area contributed by atoms with Crippen molar-refractivity contribution >= 4 is 34.9 Å². The fraction of sp³-hybridized carbons (Fsp3) is 0.0667. The van der Waals surface area contributed by atoms with E-state index in [1.54, 1.807) is 12.1 Å². The van der Waals surface area contributed by atoms with Crippen LogP contribution in [0.2, 0.25) is 5.02 Å². The third kappa shape index (κ3) is 3.45. The van der Waals surface area contributed by atoms with E-state index in [2.05, 4.69) is 20.5 Å². The maximum Gasteiger partial charge on any atom is 0.417 e. The summed E-state index contributed by atoms with van der Waals surface area (Å²) in [5, 5.41) is 8.60. The van der Waals surface area contributed by atoms with Crippen LogP contribution in [0.15, 0.2) is 36.4 Å². The summed E-state index contributed by atoms with van der Waals surface area (Å²) >= 11 is 6.15. The SMILES string of the molecule is Nc1nc(Nc2cc(Cl)c(-c3ccccc3N)c(C(F)(F)F)c2)n[nH]1. The minimum absolute atomic E-state index is 0.0219. The highest BCUT2D eigenvalue weighted by molar-refractivity contribution is 6.34. The number of hydrogen-bond acceptors (Lipinski definition) is 5. The van der Waals surface area contributed by atoms with Crippen molar-refractivity contribution in [2.75, 3.05) is 16.8 Å². The van der Waals surface area contributed by atoms with Gasteiger partial charge >= 0.3 is 6.18 Å². The van der Waals surface area contributed by atoms with E-state index in [4.69, 9.17) is 23.1 Å². The third-order valence-electron chi connectivity index (χ3n) is 3.38. The maximum absolute atomic E-state index is 13.6. The zero-order chi connectivity index (χ0) is 18.2. The van der Waals surface area contributed by atoms with Gasteiger partial charge in [0, 0.05) is 22.5 Å². The molecule has 10 heteroatoms. The molecular formula is C15H12ClF3N6. The molecule has 0 aliphatic heterocycles. The van der Waals surface area contributed by atoms with E-state index in [-0.39, 0.29) is 39.4 Å². The monoisotopic (exact) mass is 368 g/mol. The Morgan fingerprint density at radius 3 is 2.44 bits per heavy atom. The van der Waals surface area contributed by atoms with E-state index in [1.165, 1.54) is 18.2 Å². The number of nitrogens with two attached hydrogens (primary N) is 2. The van der Waals surface area contributed by atoms with Crippen LogP contribution in [-0.2, 0) is 6.18 Å². The molecule has 0 atom stereocenters. The van der Waals surface area contributed by atoms with Gasteiger partial charge in [-0.3, -0.25) is 0 Å². The number of aromatic amines is 1. The number of anilines is 4. The van der Waals surface area contributed by atoms with Gasteiger partial charge in [0.05, 0.1) is 10.6 Å². The smallest absolute Gasteiger partial charge is 0.398 e. The summed E-state index contributed by atoms with van der Waals surface area (Å²) in [6.07, 6.45) is -4.64. The lowest BCUT2D eigenvalue weighted by atomic mass is 9.97. The van der Waals surface area contributed by atoms with Crippen molar-refractivity contribution in [2.24, 2.45) is 0 Å². The normalized spacial score (nSPS) is 11.5. The first kappa shape index (κ1) is 16.9. The van der Waals surface area contributed by atoms with Gasteiger partial charge in [0.1, 0.15) is 0 Å². The average Bonchev–Trinajstić information content (AvgIpc) is 2.92. The molecule has 0 bridgehead atoms. The van der Waals surface area contributed by atoms with Gasteiger partial charge in [0.25, 0.3) is 0 Å². The molecule has 1 aromatic heterocycles. The number of para-hydroxylation sites is 1. The zero-order valence-corrected chi connectivity index (χ0v) is 13.3. The summed E-state index contributed by atoms with van der Waals surface area (Å²) < 4.78 is 40.8. The molecular weight excluding hydrogens is 357 g/mol. The van der Waals surface area contributed by atoms with E-state index < -0.39 is 11.7 Å². The molecule has 0 fully saturated rings. The third-order valence-corrected chi connectivity index (χ3v) is 3.68. The Hall–Kier alpha value is -2.94. The molecule has 0 amide bonds. The van der Waals surface area contributed by atoms with Crippen molar-refractivity contribution < 1.29 is 13.2 Å². The summed E-state index contributed by atoms with van der Waals surface area (Å²) in [5.41, 5.74) is 10.6. The summed E-state index contributed by atoms with van der Waals surface area (Å²) in [6.45, 7) is 0. The Morgan fingerprint density at radius 1 is 1.12 bits per heavy atom. The van der Waals surface area contributed by atoms with Crippen LogP contribution in [0.25, 0.3) is 11.1 Å². The van der Waals surface area contributed by atoms with Crippen molar-refractivity contribution in [1.29, 1.82) is 0 Å². The maximum atomic E-state index is 13.6. The Morgan fingerprint density at radius 2 is 1.84 bits per heavy atom. The van der Waals surface area contributed by atoms with Crippen LogP contribution in [0.3, 0.4) is 0 Å². The lowest BCUT2D eigenvalue weighted by Gasteiger charge is -2.18. The van der Waals surface area contributed by atoms with Crippen molar-refractivity contribution in [2.45, 2.75) is 6.18 Å². The van der Waals surface area contributed by atoms with Gasteiger partial charge < -0.3 is 16.8 Å². The van der Waals surface area contributed by atoms with Crippen LogP contribution in [0.1, 0.15) is 5.56 Å². The van der Waals surface area contributed by atoms with Gasteiger partial charge in [0.2, 0.25) is 11.9 Å². The number of aromatic nitrogens is 3. The second kappa shape index (κ2) is 6.17. The summed E-state index contributed by atoms with van der Waals surface area (Å²) in [7, 11) is 0. The average molecular weight is 369 g/mol. The van der Waals surface area contributed by atoms with Crippen LogP contribution in [-0.4, -0.2) is 15.2 Å². The lowest BCUT2D eigenvalue weighted by Crippen LogP contribution is -2.09. The van der Waals surface area contributed by atoms with Crippen molar-refractivity contribution in [3.63, 3.8) is 0 Å². The highest BCUT2D eigenvalue weighted by atomic mass is 35.5. The fourth-order valence-corrected chi connectivity index (χ4v) is 2.68. The number of nitrogen functional groups attached to an aromatic ring is 2. The number of halogens is 4. The molecule has 6 nitrogen and oxygen atoms in total. The Balaban J connectivity index is 2.15. The second-order valence-electron chi connectivity index (χ2n) is 5.13. The van der Waals surface area contributed by atoms with Crippen LogP contribution >= 0.6 is 11.6 Å². The van der Waals surface area contributed by atoms with E-state index in [1.807, 2.05) is 0 Å². The van der Waals surface area contributed by atoms with Crippen LogP contribution in [0.5, 0.6) is 0 Å². The predicted octanol–water partition coefficient (Wildman–Crippen LogP) is 4.05. The van der Waals surface area contributed by atoms with Gasteiger partial charge in [-0.05, 0) is 18.2 Å². The molecule has 0 saturated heterocycles. The summed E-state index contributed by atoms with van der Waals surface area (Å²) in [4.78, 5) is 3.78. The van der Waals surface area contributed by atoms with Gasteiger partial charge in [-0.1, -0.05) is 29.8 Å². The van der Waals surface area contributed by atoms with Crippen LogP contribution < -0.4 is 16.8 Å². The van der Waals surface area contributed by atoms with E-state index in [0.717, 1.165) is 6.07 Å². The molecule has 0 spiro atoms. The molecule has 25 heavy (non-hydrogen) atoms. The molecule has 0 aliphatic rings. The number of alkyl halides is 3. The molecule has 6 N–H and O–H groups in total. The Kier molecular flexibility index (Phi) is 4.17. The minimum Gasteiger partial charge on any atom is -0.398 e. The molecule has 1 heterocycles. The molecule has 0 unspecified atom stereocenters.